The summed E-state index contributed by atoms with van der Waals surface area (Å²) in [6.07, 6.45) is 1.92. The number of rotatable bonds is 5. The number of aliphatic hydroxyl groups is 1. The highest BCUT2D eigenvalue weighted by Crippen LogP contribution is 2.07. The van der Waals surface area contributed by atoms with Crippen LogP contribution in [0.4, 0.5) is 4.79 Å². The van der Waals surface area contributed by atoms with Gasteiger partial charge in [-0.25, -0.2) is 9.59 Å². The SMILES string of the molecule is CN1CCCC(NC(=O)N[C@@H](CCO)C(=O)O)C1. The lowest BCUT2D eigenvalue weighted by atomic mass is 10.1. The van der Waals surface area contributed by atoms with Crippen LogP contribution in [0.5, 0.6) is 0 Å². The topological polar surface area (TPSA) is 102 Å². The van der Waals surface area contributed by atoms with Crippen molar-refractivity contribution in [3.8, 4) is 0 Å². The monoisotopic (exact) mass is 259 g/mol. The average molecular weight is 259 g/mol. The maximum Gasteiger partial charge on any atom is 0.326 e. The normalized spacial score (nSPS) is 22.2. The second-order valence-corrected chi connectivity index (χ2v) is 4.62. The number of hydrogen-bond acceptors (Lipinski definition) is 4. The van der Waals surface area contributed by atoms with Crippen LogP contribution in [-0.2, 0) is 4.79 Å². The maximum absolute atomic E-state index is 11.6. The molecule has 18 heavy (non-hydrogen) atoms. The predicted molar refractivity (Wildman–Crippen MR) is 65.3 cm³/mol. The number of nitrogens with zero attached hydrogens (tertiary/aromatic N) is 1. The van der Waals surface area contributed by atoms with E-state index in [-0.39, 0.29) is 19.1 Å². The minimum atomic E-state index is -1.14. The van der Waals surface area contributed by atoms with Crippen molar-refractivity contribution in [2.24, 2.45) is 0 Å². The highest BCUT2D eigenvalue weighted by atomic mass is 16.4. The molecule has 0 aromatic carbocycles. The lowest BCUT2D eigenvalue weighted by Gasteiger charge is -2.30. The van der Waals surface area contributed by atoms with E-state index < -0.39 is 18.0 Å². The van der Waals surface area contributed by atoms with Crippen LogP contribution < -0.4 is 10.6 Å². The van der Waals surface area contributed by atoms with Gasteiger partial charge < -0.3 is 25.7 Å². The molecule has 104 valence electrons. The summed E-state index contributed by atoms with van der Waals surface area (Å²) in [6, 6.07) is -1.49. The molecule has 0 aromatic heterocycles. The van der Waals surface area contributed by atoms with E-state index in [2.05, 4.69) is 15.5 Å². The lowest BCUT2D eigenvalue weighted by molar-refractivity contribution is -0.139. The number of carbonyl (C=O) groups is 2. The van der Waals surface area contributed by atoms with Crippen LogP contribution in [0.1, 0.15) is 19.3 Å². The second kappa shape index (κ2) is 7.17. The van der Waals surface area contributed by atoms with Crippen molar-refractivity contribution in [1.29, 1.82) is 0 Å². The fourth-order valence-electron chi connectivity index (χ4n) is 2.06. The smallest absolute Gasteiger partial charge is 0.326 e. The number of aliphatic hydroxyl groups excluding tert-OH is 1. The summed E-state index contributed by atoms with van der Waals surface area (Å²) >= 11 is 0. The predicted octanol–water partition coefficient (Wildman–Crippen LogP) is -0.785. The molecule has 1 saturated heterocycles. The summed E-state index contributed by atoms with van der Waals surface area (Å²) in [5.74, 6) is -1.14. The van der Waals surface area contributed by atoms with Crippen molar-refractivity contribution in [1.82, 2.24) is 15.5 Å². The Bertz CT molecular complexity index is 298. The Kier molecular flexibility index (Phi) is 5.87. The molecule has 0 aromatic rings. The van der Waals surface area contributed by atoms with Gasteiger partial charge >= 0.3 is 12.0 Å². The van der Waals surface area contributed by atoms with Gasteiger partial charge in [0.05, 0.1) is 0 Å². The van der Waals surface area contributed by atoms with Gasteiger partial charge in [0.15, 0.2) is 0 Å². The van der Waals surface area contributed by atoms with E-state index in [4.69, 9.17) is 10.2 Å². The van der Waals surface area contributed by atoms with Crippen LogP contribution in [0.2, 0.25) is 0 Å². The number of nitrogens with one attached hydrogen (secondary N) is 2. The summed E-state index contributed by atoms with van der Waals surface area (Å²) < 4.78 is 0. The van der Waals surface area contributed by atoms with E-state index in [1.165, 1.54) is 0 Å². The van der Waals surface area contributed by atoms with Crippen LogP contribution >= 0.6 is 0 Å². The molecule has 1 unspecified atom stereocenters. The fourth-order valence-corrected chi connectivity index (χ4v) is 2.06. The van der Waals surface area contributed by atoms with Crippen LogP contribution in [-0.4, -0.2) is 65.9 Å². The average Bonchev–Trinajstić information content (AvgIpc) is 2.28. The van der Waals surface area contributed by atoms with Gasteiger partial charge in [0.2, 0.25) is 0 Å². The van der Waals surface area contributed by atoms with E-state index >= 15 is 0 Å². The van der Waals surface area contributed by atoms with Crippen LogP contribution in [0, 0.1) is 0 Å². The Morgan fingerprint density at radius 3 is 2.78 bits per heavy atom. The fraction of sp³-hybridized carbons (Fsp3) is 0.818. The number of hydrogen-bond donors (Lipinski definition) is 4. The Hall–Kier alpha value is -1.34. The van der Waals surface area contributed by atoms with Crippen molar-refractivity contribution in [3.63, 3.8) is 0 Å². The van der Waals surface area contributed by atoms with Crippen LogP contribution in [0.15, 0.2) is 0 Å². The van der Waals surface area contributed by atoms with Crippen LogP contribution in [0.25, 0.3) is 0 Å². The minimum absolute atomic E-state index is 0.00726. The largest absolute Gasteiger partial charge is 0.480 e. The molecule has 1 rings (SSSR count). The standard InChI is InChI=1S/C11H21N3O4/c1-14-5-2-3-8(7-14)12-11(18)13-9(4-6-15)10(16)17/h8-9,15H,2-7H2,1H3,(H,16,17)(H2,12,13,18)/t8?,9-/m0/s1. The quantitative estimate of drug-likeness (QED) is 0.518. The molecule has 0 bridgehead atoms. The molecule has 0 spiro atoms. The van der Waals surface area contributed by atoms with Crippen LogP contribution in [0.3, 0.4) is 0 Å². The molecule has 0 radical (unpaired) electrons. The third kappa shape index (κ3) is 4.89. The van der Waals surface area contributed by atoms with Crippen molar-refractivity contribution in [3.05, 3.63) is 0 Å². The van der Waals surface area contributed by atoms with Crippen molar-refractivity contribution >= 4 is 12.0 Å². The van der Waals surface area contributed by atoms with Crippen molar-refractivity contribution in [2.75, 3.05) is 26.7 Å². The van der Waals surface area contributed by atoms with Crippen molar-refractivity contribution < 1.29 is 19.8 Å². The molecular weight excluding hydrogens is 238 g/mol. The molecule has 1 aliphatic heterocycles. The van der Waals surface area contributed by atoms with Gasteiger partial charge in [-0.3, -0.25) is 0 Å². The first-order chi connectivity index (χ1) is 8.52. The molecular formula is C11H21N3O4. The number of carboxylic acids is 1. The summed E-state index contributed by atoms with van der Waals surface area (Å²) in [6.45, 7) is 1.51. The third-order valence-electron chi connectivity index (χ3n) is 2.98. The van der Waals surface area contributed by atoms with E-state index in [1.54, 1.807) is 0 Å². The van der Waals surface area contributed by atoms with E-state index in [1.807, 2.05) is 7.05 Å². The van der Waals surface area contributed by atoms with Gasteiger partial charge in [-0.2, -0.15) is 0 Å². The first-order valence-electron chi connectivity index (χ1n) is 6.12. The Balaban J connectivity index is 2.37. The lowest BCUT2D eigenvalue weighted by Crippen LogP contribution is -2.53. The summed E-state index contributed by atoms with van der Waals surface area (Å²) in [7, 11) is 1.98. The summed E-state index contributed by atoms with van der Waals surface area (Å²) in [4.78, 5) is 24.6. The molecule has 2 amide bonds. The molecule has 7 heteroatoms. The molecule has 1 aliphatic rings. The summed E-state index contributed by atoms with van der Waals surface area (Å²) in [5.41, 5.74) is 0. The number of likely N-dealkylation sites (tertiary alicyclic amines) is 1. The molecule has 0 aliphatic carbocycles. The highest BCUT2D eigenvalue weighted by Gasteiger charge is 2.22. The molecule has 1 heterocycles. The van der Waals surface area contributed by atoms with Gasteiger partial charge in [-0.05, 0) is 26.4 Å². The first-order valence-corrected chi connectivity index (χ1v) is 6.12. The van der Waals surface area contributed by atoms with Gasteiger partial charge in [-0.15, -0.1) is 0 Å². The van der Waals surface area contributed by atoms with Gasteiger partial charge in [0.25, 0.3) is 0 Å². The van der Waals surface area contributed by atoms with E-state index in [0.29, 0.717) is 0 Å². The number of piperidine rings is 1. The Morgan fingerprint density at radius 1 is 1.50 bits per heavy atom. The first kappa shape index (κ1) is 14.7. The number of carbonyl (C=O) groups excluding carboxylic acids is 1. The highest BCUT2D eigenvalue weighted by molar-refractivity contribution is 5.82. The zero-order valence-corrected chi connectivity index (χ0v) is 10.6. The molecule has 0 saturated carbocycles. The zero-order chi connectivity index (χ0) is 13.5. The summed E-state index contributed by atoms with van der Waals surface area (Å²) in [5, 5.41) is 22.7. The number of aliphatic carboxylic acids is 1. The van der Waals surface area contributed by atoms with Gasteiger partial charge in [0.1, 0.15) is 6.04 Å². The molecule has 2 atom stereocenters. The Morgan fingerprint density at radius 2 is 2.22 bits per heavy atom. The maximum atomic E-state index is 11.6. The zero-order valence-electron chi connectivity index (χ0n) is 10.6. The van der Waals surface area contributed by atoms with Gasteiger partial charge in [0, 0.05) is 25.6 Å². The number of amides is 2. The molecule has 1 fully saturated rings. The molecule has 4 N–H and O–H groups in total. The third-order valence-corrected chi connectivity index (χ3v) is 2.98. The van der Waals surface area contributed by atoms with Crippen molar-refractivity contribution in [2.45, 2.75) is 31.3 Å². The number of carboxylic acid groups (broad SMARTS) is 1. The molecule has 7 nitrogen and oxygen atoms in total. The van der Waals surface area contributed by atoms with Gasteiger partial charge in [-0.1, -0.05) is 0 Å². The number of urea groups is 1. The minimum Gasteiger partial charge on any atom is -0.480 e. The Labute approximate surface area is 106 Å². The van der Waals surface area contributed by atoms with E-state index in [9.17, 15) is 9.59 Å². The number of likely N-dealkylation sites (N-methyl/N-ethyl adjacent to an activating group) is 1. The van der Waals surface area contributed by atoms with E-state index in [0.717, 1.165) is 25.9 Å². The second-order valence-electron chi connectivity index (χ2n) is 4.62.